The summed E-state index contributed by atoms with van der Waals surface area (Å²) in [6, 6.07) is 8.55. The van der Waals surface area contributed by atoms with Gasteiger partial charge in [-0.05, 0) is 51.6 Å². The fourth-order valence-corrected chi connectivity index (χ4v) is 2.94. The van der Waals surface area contributed by atoms with Crippen LogP contribution in [0.2, 0.25) is 0 Å². The van der Waals surface area contributed by atoms with Crippen molar-refractivity contribution in [2.24, 2.45) is 0 Å². The molecule has 1 aromatic carbocycles. The zero-order valence-corrected chi connectivity index (χ0v) is 12.5. The van der Waals surface area contributed by atoms with Gasteiger partial charge in [0, 0.05) is 22.8 Å². The largest absolute Gasteiger partial charge is 0.355 e. The zero-order chi connectivity index (χ0) is 13.8. The van der Waals surface area contributed by atoms with Crippen molar-refractivity contribution in [2.75, 3.05) is 12.4 Å². The number of benzene rings is 1. The Morgan fingerprint density at radius 1 is 1.11 bits per heavy atom. The number of thiophene rings is 1. The molecule has 4 nitrogen and oxygen atoms in total. The minimum absolute atomic E-state index is 0.154. The molecule has 1 heterocycles. The molecular formula is C13H11BrN2O2S. The smallest absolute Gasteiger partial charge is 0.266 e. The third kappa shape index (κ3) is 3.21. The fraction of sp³-hybridized carbons (Fsp3) is 0.0769. The number of rotatable bonds is 3. The van der Waals surface area contributed by atoms with E-state index in [0.29, 0.717) is 16.1 Å². The van der Waals surface area contributed by atoms with Crippen LogP contribution in [0.1, 0.15) is 20.0 Å². The van der Waals surface area contributed by atoms with Crippen molar-refractivity contribution in [3.63, 3.8) is 0 Å². The van der Waals surface area contributed by atoms with Crippen molar-refractivity contribution in [1.29, 1.82) is 0 Å². The molecule has 0 unspecified atom stereocenters. The maximum Gasteiger partial charge on any atom is 0.266 e. The second-order valence-corrected chi connectivity index (χ2v) is 5.48. The van der Waals surface area contributed by atoms with E-state index in [9.17, 15) is 9.59 Å². The van der Waals surface area contributed by atoms with Crippen LogP contribution >= 0.6 is 27.3 Å². The molecule has 0 saturated carbocycles. The standard InChI is InChI=1S/C13H11BrN2O2S/c1-15-12(17)8-2-4-9(5-3-8)16-13(18)11-10(14)6-7-19-11/h2-7H,1H3,(H,15,17)(H,16,18). The number of amides is 2. The van der Waals surface area contributed by atoms with Crippen LogP contribution in [0.4, 0.5) is 5.69 Å². The normalized spacial score (nSPS) is 10.0. The van der Waals surface area contributed by atoms with Crippen LogP contribution in [0.15, 0.2) is 40.2 Å². The van der Waals surface area contributed by atoms with Crippen LogP contribution in [-0.2, 0) is 0 Å². The molecule has 0 atom stereocenters. The molecule has 98 valence electrons. The maximum absolute atomic E-state index is 12.0. The van der Waals surface area contributed by atoms with Gasteiger partial charge in [0.15, 0.2) is 0 Å². The van der Waals surface area contributed by atoms with E-state index in [1.54, 1.807) is 31.3 Å². The SMILES string of the molecule is CNC(=O)c1ccc(NC(=O)c2sccc2Br)cc1. The second-order valence-electron chi connectivity index (χ2n) is 3.71. The van der Waals surface area contributed by atoms with E-state index in [1.807, 2.05) is 11.4 Å². The van der Waals surface area contributed by atoms with E-state index in [0.717, 1.165) is 4.47 Å². The predicted molar refractivity (Wildman–Crippen MR) is 79.8 cm³/mol. The Balaban J connectivity index is 2.10. The van der Waals surface area contributed by atoms with Gasteiger partial charge in [0.2, 0.25) is 0 Å². The molecule has 0 radical (unpaired) electrons. The molecule has 0 saturated heterocycles. The minimum atomic E-state index is -0.172. The number of anilines is 1. The summed E-state index contributed by atoms with van der Waals surface area (Å²) in [5, 5.41) is 7.16. The molecule has 0 aliphatic carbocycles. The molecular weight excluding hydrogens is 328 g/mol. The summed E-state index contributed by atoms with van der Waals surface area (Å²) < 4.78 is 0.775. The Hall–Kier alpha value is -1.66. The molecule has 0 aliphatic rings. The van der Waals surface area contributed by atoms with E-state index < -0.39 is 0 Å². The van der Waals surface area contributed by atoms with Gasteiger partial charge >= 0.3 is 0 Å². The molecule has 0 aliphatic heterocycles. The number of hydrogen-bond acceptors (Lipinski definition) is 3. The van der Waals surface area contributed by atoms with E-state index in [4.69, 9.17) is 0 Å². The van der Waals surface area contributed by atoms with Gasteiger partial charge in [-0.2, -0.15) is 0 Å². The topological polar surface area (TPSA) is 58.2 Å². The van der Waals surface area contributed by atoms with Gasteiger partial charge < -0.3 is 10.6 Å². The van der Waals surface area contributed by atoms with Crippen molar-refractivity contribution in [2.45, 2.75) is 0 Å². The van der Waals surface area contributed by atoms with E-state index >= 15 is 0 Å². The van der Waals surface area contributed by atoms with E-state index in [1.165, 1.54) is 11.3 Å². The lowest BCUT2D eigenvalue weighted by Crippen LogP contribution is -2.17. The Kier molecular flexibility index (Phi) is 4.34. The summed E-state index contributed by atoms with van der Waals surface area (Å²) in [6.07, 6.45) is 0. The number of halogens is 1. The van der Waals surface area contributed by atoms with Crippen LogP contribution in [0.3, 0.4) is 0 Å². The molecule has 1 aromatic heterocycles. The van der Waals surface area contributed by atoms with Gasteiger partial charge in [-0.25, -0.2) is 0 Å². The molecule has 0 spiro atoms. The minimum Gasteiger partial charge on any atom is -0.355 e. The third-order valence-corrected chi connectivity index (χ3v) is 4.29. The first kappa shape index (κ1) is 13.8. The molecule has 2 amide bonds. The van der Waals surface area contributed by atoms with Gasteiger partial charge in [0.1, 0.15) is 4.88 Å². The fourth-order valence-electron chi connectivity index (χ4n) is 1.49. The van der Waals surface area contributed by atoms with Crippen molar-refractivity contribution in [3.05, 3.63) is 50.6 Å². The van der Waals surface area contributed by atoms with Crippen LogP contribution in [0.5, 0.6) is 0 Å². The highest BCUT2D eigenvalue weighted by molar-refractivity contribution is 9.10. The van der Waals surface area contributed by atoms with Gasteiger partial charge in [0.25, 0.3) is 11.8 Å². The van der Waals surface area contributed by atoms with Crippen molar-refractivity contribution in [1.82, 2.24) is 5.32 Å². The summed E-state index contributed by atoms with van der Waals surface area (Å²) in [5.41, 5.74) is 1.20. The number of carbonyl (C=O) groups excluding carboxylic acids is 2. The highest BCUT2D eigenvalue weighted by atomic mass is 79.9. The molecule has 2 aromatic rings. The highest BCUT2D eigenvalue weighted by Gasteiger charge is 2.11. The molecule has 2 rings (SSSR count). The quantitative estimate of drug-likeness (QED) is 0.903. The molecule has 6 heteroatoms. The molecule has 0 bridgehead atoms. The number of carbonyl (C=O) groups is 2. The van der Waals surface area contributed by atoms with Gasteiger partial charge in [-0.15, -0.1) is 11.3 Å². The average molecular weight is 339 g/mol. The van der Waals surface area contributed by atoms with Gasteiger partial charge in [0.05, 0.1) is 0 Å². The van der Waals surface area contributed by atoms with E-state index in [2.05, 4.69) is 26.6 Å². The second kappa shape index (κ2) is 5.99. The lowest BCUT2D eigenvalue weighted by molar-refractivity contribution is 0.0962. The number of hydrogen-bond donors (Lipinski definition) is 2. The molecule has 19 heavy (non-hydrogen) atoms. The molecule has 0 fully saturated rings. The number of nitrogens with one attached hydrogen (secondary N) is 2. The van der Waals surface area contributed by atoms with Crippen molar-refractivity contribution >= 4 is 44.8 Å². The highest BCUT2D eigenvalue weighted by Crippen LogP contribution is 2.23. The van der Waals surface area contributed by atoms with Crippen LogP contribution in [0.25, 0.3) is 0 Å². The lowest BCUT2D eigenvalue weighted by Gasteiger charge is -2.05. The predicted octanol–water partition coefficient (Wildman–Crippen LogP) is 3.12. The Labute approximate surface area is 123 Å². The van der Waals surface area contributed by atoms with Crippen molar-refractivity contribution in [3.8, 4) is 0 Å². The first-order chi connectivity index (χ1) is 9.11. The van der Waals surface area contributed by atoms with Gasteiger partial charge in [-0.3, -0.25) is 9.59 Å². The van der Waals surface area contributed by atoms with Crippen LogP contribution in [-0.4, -0.2) is 18.9 Å². The van der Waals surface area contributed by atoms with Crippen LogP contribution < -0.4 is 10.6 Å². The third-order valence-electron chi connectivity index (χ3n) is 2.46. The summed E-state index contributed by atoms with van der Waals surface area (Å²) in [5.74, 6) is -0.326. The van der Waals surface area contributed by atoms with Crippen LogP contribution in [0, 0.1) is 0 Å². The Morgan fingerprint density at radius 3 is 2.32 bits per heavy atom. The first-order valence-electron chi connectivity index (χ1n) is 5.48. The lowest BCUT2D eigenvalue weighted by atomic mass is 10.2. The maximum atomic E-state index is 12.0. The summed E-state index contributed by atoms with van der Waals surface area (Å²) in [6.45, 7) is 0. The van der Waals surface area contributed by atoms with Gasteiger partial charge in [-0.1, -0.05) is 0 Å². The van der Waals surface area contributed by atoms with Crippen molar-refractivity contribution < 1.29 is 9.59 Å². The monoisotopic (exact) mass is 338 g/mol. The summed E-state index contributed by atoms with van der Waals surface area (Å²) in [7, 11) is 1.58. The Bertz CT molecular complexity index is 607. The van der Waals surface area contributed by atoms with E-state index in [-0.39, 0.29) is 11.8 Å². The average Bonchev–Trinajstić information content (AvgIpc) is 2.85. The summed E-state index contributed by atoms with van der Waals surface area (Å²) in [4.78, 5) is 24.0. The summed E-state index contributed by atoms with van der Waals surface area (Å²) >= 11 is 4.68. The Morgan fingerprint density at radius 2 is 1.79 bits per heavy atom. The zero-order valence-electron chi connectivity index (χ0n) is 10.1. The first-order valence-corrected chi connectivity index (χ1v) is 7.15. The molecule has 2 N–H and O–H groups in total.